The highest BCUT2D eigenvalue weighted by atomic mass is 35.6. The number of halogens is 3. The Morgan fingerprint density at radius 1 is 1.00 bits per heavy atom. The van der Waals surface area contributed by atoms with Crippen LogP contribution in [0.15, 0.2) is 59.5 Å². The molecule has 0 aliphatic carbocycles. The zero-order valence-electron chi connectivity index (χ0n) is 14.0. The molecule has 0 saturated carbocycles. The minimum Gasteiger partial charge on any atom is -0.339 e. The summed E-state index contributed by atoms with van der Waals surface area (Å²) in [6, 6.07) is 13.9. The Hall–Kier alpha value is -1.62. The molecule has 150 valence electrons. The molecule has 1 amide bonds. The highest BCUT2D eigenvalue weighted by Crippen LogP contribution is 2.29. The molecule has 2 aromatic rings. The quantitative estimate of drug-likeness (QED) is 0.297. The average Bonchev–Trinajstić information content (AvgIpc) is 2.60. The molecule has 12 heteroatoms. The van der Waals surface area contributed by atoms with Gasteiger partial charge in [-0.2, -0.15) is 0 Å². The predicted octanol–water partition coefficient (Wildman–Crippen LogP) is 2.75. The fourth-order valence-corrected chi connectivity index (χ4v) is 3.11. The fraction of sp³-hybridized carbons (Fsp3) is 0.125. The number of hydrogen-bond acceptors (Lipinski definition) is 4. The van der Waals surface area contributed by atoms with Gasteiger partial charge in [0.1, 0.15) is 6.17 Å². The van der Waals surface area contributed by atoms with E-state index in [0.29, 0.717) is 11.3 Å². The van der Waals surface area contributed by atoms with E-state index in [1.807, 2.05) is 0 Å². The summed E-state index contributed by atoms with van der Waals surface area (Å²) in [6.07, 6.45) is -1.14. The van der Waals surface area contributed by atoms with Crippen LogP contribution in [-0.4, -0.2) is 29.4 Å². The van der Waals surface area contributed by atoms with Gasteiger partial charge >= 0.3 is 0 Å². The molecule has 0 aliphatic rings. The van der Waals surface area contributed by atoms with E-state index < -0.39 is 25.9 Å². The fourth-order valence-electron chi connectivity index (χ4n) is 2.03. The Bertz CT molecular complexity index is 949. The van der Waals surface area contributed by atoms with Gasteiger partial charge in [-0.15, -0.1) is 0 Å². The van der Waals surface area contributed by atoms with Gasteiger partial charge in [0.2, 0.25) is 13.8 Å². The predicted molar refractivity (Wildman–Crippen MR) is 115 cm³/mol. The molecular formula is C16H15Cl3N4O3S2. The third-order valence-electron chi connectivity index (χ3n) is 3.35. The number of anilines is 1. The van der Waals surface area contributed by atoms with Gasteiger partial charge in [-0.25, -0.2) is 13.6 Å². The largest absolute Gasteiger partial charge is 0.339 e. The number of carbonyl (C=O) groups excluding carboxylic acids is 1. The lowest BCUT2D eigenvalue weighted by Crippen LogP contribution is -2.56. The van der Waals surface area contributed by atoms with Crippen LogP contribution < -0.4 is 21.1 Å². The van der Waals surface area contributed by atoms with Crippen LogP contribution in [0.25, 0.3) is 0 Å². The summed E-state index contributed by atoms with van der Waals surface area (Å²) in [4.78, 5) is 12.3. The van der Waals surface area contributed by atoms with Gasteiger partial charge < -0.3 is 16.0 Å². The van der Waals surface area contributed by atoms with Gasteiger partial charge in [0.25, 0.3) is 5.91 Å². The number of primary sulfonamides is 1. The van der Waals surface area contributed by atoms with Gasteiger partial charge in [-0.3, -0.25) is 4.79 Å². The Balaban J connectivity index is 2.06. The number of nitrogens with one attached hydrogen (secondary N) is 3. The standard InChI is InChI=1S/C16H15Cl3N4O3S2/c17-16(18,19)14(22-13(24)10-4-2-1-3-5-10)23-15(27)21-11-6-8-12(9-7-11)28(20,25)26/h1-9,14H,(H,22,24)(H2,20,25,26)(H2,21,23,27). The number of amides is 1. The average molecular weight is 482 g/mol. The summed E-state index contributed by atoms with van der Waals surface area (Å²) in [6.45, 7) is 0. The van der Waals surface area contributed by atoms with E-state index in [1.54, 1.807) is 30.3 Å². The molecule has 1 atom stereocenters. The van der Waals surface area contributed by atoms with E-state index in [4.69, 9.17) is 52.2 Å². The van der Waals surface area contributed by atoms with E-state index >= 15 is 0 Å². The Kier molecular flexibility index (Phi) is 7.49. The molecule has 0 saturated heterocycles. The Morgan fingerprint density at radius 3 is 2.07 bits per heavy atom. The molecule has 0 radical (unpaired) electrons. The third kappa shape index (κ3) is 6.77. The molecule has 0 aromatic heterocycles. The number of thiocarbonyl (C=S) groups is 1. The first kappa shape index (κ1) is 22.7. The van der Waals surface area contributed by atoms with Crippen LogP contribution in [0.3, 0.4) is 0 Å². The maximum absolute atomic E-state index is 12.3. The van der Waals surface area contributed by atoms with Crippen molar-refractivity contribution >= 4 is 73.8 Å². The second-order valence-electron chi connectivity index (χ2n) is 5.48. The normalized spacial score (nSPS) is 12.7. The molecule has 0 aliphatic heterocycles. The van der Waals surface area contributed by atoms with Crippen molar-refractivity contribution in [3.8, 4) is 0 Å². The van der Waals surface area contributed by atoms with Crippen molar-refractivity contribution < 1.29 is 13.2 Å². The Morgan fingerprint density at radius 2 is 1.57 bits per heavy atom. The maximum atomic E-state index is 12.3. The van der Waals surface area contributed by atoms with Crippen molar-refractivity contribution in [3.63, 3.8) is 0 Å². The molecule has 0 bridgehead atoms. The highest BCUT2D eigenvalue weighted by Gasteiger charge is 2.34. The van der Waals surface area contributed by atoms with Crippen molar-refractivity contribution in [2.75, 3.05) is 5.32 Å². The van der Waals surface area contributed by atoms with Gasteiger partial charge in [0, 0.05) is 11.3 Å². The molecule has 5 N–H and O–H groups in total. The molecule has 2 rings (SSSR count). The van der Waals surface area contributed by atoms with E-state index in [-0.39, 0.29) is 10.0 Å². The summed E-state index contributed by atoms with van der Waals surface area (Å²) in [5.41, 5.74) is 0.836. The van der Waals surface area contributed by atoms with Crippen molar-refractivity contribution in [1.82, 2.24) is 10.6 Å². The molecule has 0 fully saturated rings. The van der Waals surface area contributed by atoms with Crippen molar-refractivity contribution in [1.29, 1.82) is 0 Å². The van der Waals surface area contributed by atoms with Crippen molar-refractivity contribution in [2.45, 2.75) is 14.9 Å². The molecule has 2 aromatic carbocycles. The first-order valence-electron chi connectivity index (χ1n) is 7.60. The van der Waals surface area contributed by atoms with Crippen LogP contribution >= 0.6 is 47.0 Å². The maximum Gasteiger partial charge on any atom is 0.252 e. The first-order chi connectivity index (χ1) is 13.0. The van der Waals surface area contributed by atoms with Gasteiger partial charge in [-0.1, -0.05) is 53.0 Å². The second kappa shape index (κ2) is 9.25. The van der Waals surface area contributed by atoms with Crippen LogP contribution in [0.1, 0.15) is 10.4 Å². The summed E-state index contributed by atoms with van der Waals surface area (Å²) in [5.74, 6) is -0.468. The van der Waals surface area contributed by atoms with Crippen molar-refractivity contribution in [3.05, 3.63) is 60.2 Å². The second-order valence-corrected chi connectivity index (χ2v) is 9.82. The molecule has 1 unspecified atom stereocenters. The van der Waals surface area contributed by atoms with Crippen LogP contribution in [-0.2, 0) is 10.0 Å². The molecule has 7 nitrogen and oxygen atoms in total. The lowest BCUT2D eigenvalue weighted by atomic mass is 10.2. The minimum atomic E-state index is -3.80. The molecule has 28 heavy (non-hydrogen) atoms. The lowest BCUT2D eigenvalue weighted by Gasteiger charge is -2.27. The van der Waals surface area contributed by atoms with E-state index in [2.05, 4.69) is 16.0 Å². The topological polar surface area (TPSA) is 113 Å². The van der Waals surface area contributed by atoms with Crippen molar-refractivity contribution in [2.24, 2.45) is 5.14 Å². The molecule has 0 spiro atoms. The van der Waals surface area contributed by atoms with Gasteiger partial charge in [0.05, 0.1) is 4.90 Å². The van der Waals surface area contributed by atoms with Crippen LogP contribution in [0.2, 0.25) is 0 Å². The third-order valence-corrected chi connectivity index (χ3v) is 5.16. The Labute approximate surface area is 182 Å². The number of carbonyl (C=O) groups is 1. The minimum absolute atomic E-state index is 0.0352. The summed E-state index contributed by atoms with van der Waals surface area (Å²) in [5, 5.41) is 13.1. The van der Waals surface area contributed by atoms with Gasteiger partial charge in [-0.05, 0) is 48.6 Å². The summed E-state index contributed by atoms with van der Waals surface area (Å²) >= 11 is 23.0. The first-order valence-corrected chi connectivity index (χ1v) is 10.7. The monoisotopic (exact) mass is 480 g/mol. The van der Waals surface area contributed by atoms with Crippen LogP contribution in [0.4, 0.5) is 5.69 Å². The number of sulfonamides is 1. The number of benzene rings is 2. The van der Waals surface area contributed by atoms with Crippen LogP contribution in [0.5, 0.6) is 0 Å². The summed E-state index contributed by atoms with van der Waals surface area (Å²) < 4.78 is 20.6. The van der Waals surface area contributed by atoms with Gasteiger partial charge in [0.15, 0.2) is 5.11 Å². The zero-order chi connectivity index (χ0) is 20.9. The number of rotatable bonds is 5. The number of nitrogens with two attached hydrogens (primary N) is 1. The van der Waals surface area contributed by atoms with Crippen LogP contribution in [0, 0.1) is 0 Å². The summed E-state index contributed by atoms with van der Waals surface area (Å²) in [7, 11) is -3.80. The number of alkyl halides is 3. The smallest absolute Gasteiger partial charge is 0.252 e. The zero-order valence-corrected chi connectivity index (χ0v) is 17.9. The molecular weight excluding hydrogens is 467 g/mol. The lowest BCUT2D eigenvalue weighted by molar-refractivity contribution is 0.0934. The molecule has 0 heterocycles. The van der Waals surface area contributed by atoms with E-state index in [0.717, 1.165) is 0 Å². The number of hydrogen-bond donors (Lipinski definition) is 4. The van der Waals surface area contributed by atoms with E-state index in [9.17, 15) is 13.2 Å². The van der Waals surface area contributed by atoms with E-state index in [1.165, 1.54) is 24.3 Å². The highest BCUT2D eigenvalue weighted by molar-refractivity contribution is 7.89. The SMILES string of the molecule is NS(=O)(=O)c1ccc(NC(=S)NC(NC(=O)c2ccccc2)C(Cl)(Cl)Cl)cc1.